The molecular weight excluding hydrogens is 344 g/mol. The first kappa shape index (κ1) is 17.5. The van der Waals surface area contributed by atoms with Crippen LogP contribution in [0.15, 0.2) is 47.0 Å². The van der Waals surface area contributed by atoms with Gasteiger partial charge in [0, 0.05) is 13.1 Å². The zero-order valence-corrected chi connectivity index (χ0v) is 14.9. The molecule has 0 unspecified atom stereocenters. The molecule has 4 rings (SSSR count). The van der Waals surface area contributed by atoms with Crippen LogP contribution in [-0.4, -0.2) is 28.5 Å². The number of carbonyl (C=O) groups is 2. The van der Waals surface area contributed by atoms with E-state index in [-0.39, 0.29) is 30.0 Å². The molecule has 7 heteroatoms. The van der Waals surface area contributed by atoms with Crippen LogP contribution in [0.3, 0.4) is 0 Å². The fourth-order valence-electron chi connectivity index (χ4n) is 3.85. The van der Waals surface area contributed by atoms with Crippen LogP contribution in [-0.2, 0) is 17.8 Å². The van der Waals surface area contributed by atoms with Gasteiger partial charge in [0.1, 0.15) is 0 Å². The second-order valence-electron chi connectivity index (χ2n) is 7.21. The van der Waals surface area contributed by atoms with Gasteiger partial charge in [-0.15, -0.1) is 0 Å². The van der Waals surface area contributed by atoms with E-state index in [0.29, 0.717) is 30.8 Å². The van der Waals surface area contributed by atoms with Crippen molar-refractivity contribution < 1.29 is 14.1 Å². The van der Waals surface area contributed by atoms with Crippen molar-refractivity contribution in [3.63, 3.8) is 0 Å². The van der Waals surface area contributed by atoms with Crippen molar-refractivity contribution in [2.45, 2.75) is 25.8 Å². The van der Waals surface area contributed by atoms with Crippen molar-refractivity contribution >= 4 is 11.8 Å². The van der Waals surface area contributed by atoms with Gasteiger partial charge in [0.15, 0.2) is 5.82 Å². The van der Waals surface area contributed by atoms with E-state index in [1.807, 2.05) is 30.3 Å². The lowest BCUT2D eigenvalue weighted by atomic mass is 9.94. The Kier molecular flexibility index (Phi) is 5.00. The van der Waals surface area contributed by atoms with Gasteiger partial charge in [0.25, 0.3) is 0 Å². The van der Waals surface area contributed by atoms with Gasteiger partial charge in [-0.1, -0.05) is 47.6 Å². The normalized spacial score (nSPS) is 22.7. The molecule has 140 valence electrons. The molecule has 2 aromatic rings. The van der Waals surface area contributed by atoms with Gasteiger partial charge in [0.05, 0.1) is 6.42 Å². The number of amides is 2. The van der Waals surface area contributed by atoms with Crippen LogP contribution in [0.4, 0.5) is 0 Å². The first-order valence-corrected chi connectivity index (χ1v) is 9.27. The molecule has 2 aliphatic carbocycles. The van der Waals surface area contributed by atoms with Crippen molar-refractivity contribution in [1.82, 2.24) is 20.8 Å². The minimum atomic E-state index is -0.384. The number of hydrogen-bond acceptors (Lipinski definition) is 5. The predicted octanol–water partition coefficient (Wildman–Crippen LogP) is 1.87. The molecular formula is C20H22N4O3. The van der Waals surface area contributed by atoms with Crippen LogP contribution in [0.5, 0.6) is 0 Å². The summed E-state index contributed by atoms with van der Waals surface area (Å²) in [6.07, 6.45) is 6.82. The fourth-order valence-corrected chi connectivity index (χ4v) is 3.85. The topological polar surface area (TPSA) is 97.1 Å². The lowest BCUT2D eigenvalue weighted by Gasteiger charge is -2.17. The molecule has 1 aromatic carbocycles. The highest BCUT2D eigenvalue weighted by Gasteiger charge is 2.35. The Morgan fingerprint density at radius 2 is 1.96 bits per heavy atom. The summed E-state index contributed by atoms with van der Waals surface area (Å²) in [7, 11) is 0. The highest BCUT2D eigenvalue weighted by atomic mass is 16.5. The molecule has 1 aromatic heterocycles. The lowest BCUT2D eigenvalue weighted by Crippen LogP contribution is -2.31. The molecule has 0 radical (unpaired) electrons. The molecule has 2 N–H and O–H groups in total. The van der Waals surface area contributed by atoms with Crippen molar-refractivity contribution in [2.24, 2.45) is 17.8 Å². The average Bonchev–Trinajstić information content (AvgIpc) is 3.42. The molecule has 7 nitrogen and oxygen atoms in total. The molecule has 2 bridgehead atoms. The van der Waals surface area contributed by atoms with Gasteiger partial charge in [-0.25, -0.2) is 0 Å². The maximum atomic E-state index is 12.2. The second-order valence-corrected chi connectivity index (χ2v) is 7.21. The predicted molar refractivity (Wildman–Crippen MR) is 97.5 cm³/mol. The summed E-state index contributed by atoms with van der Waals surface area (Å²) in [5.41, 5.74) is 1.01. The third-order valence-corrected chi connectivity index (χ3v) is 5.25. The van der Waals surface area contributed by atoms with Crippen LogP contribution in [0.1, 0.15) is 34.9 Å². The summed E-state index contributed by atoms with van der Waals surface area (Å²) in [5, 5.41) is 9.40. The molecule has 27 heavy (non-hydrogen) atoms. The number of carbonyl (C=O) groups excluding carboxylic acids is 2. The molecule has 0 saturated heterocycles. The summed E-state index contributed by atoms with van der Waals surface area (Å²) in [6.45, 7) is 1.04. The van der Waals surface area contributed by atoms with Crippen LogP contribution in [0.2, 0.25) is 0 Å². The molecule has 1 heterocycles. The first-order chi connectivity index (χ1) is 13.2. The highest BCUT2D eigenvalue weighted by molar-refractivity contribution is 5.89. The molecule has 2 aliphatic rings. The summed E-state index contributed by atoms with van der Waals surface area (Å²) >= 11 is 0. The van der Waals surface area contributed by atoms with Gasteiger partial charge in [-0.2, -0.15) is 4.98 Å². The third-order valence-electron chi connectivity index (χ3n) is 5.25. The number of rotatable bonds is 7. The standard InChI is InChI=1S/C20H22N4O3/c25-18(21-11-13-4-2-1-3-5-13)10-17-23-20(27-24-17)19(26)22-12-16-9-14-6-7-15(16)8-14/h1-7,14-16H,8-12H2,(H,21,25)(H,22,26)/t14-,15-,16-/m0/s1. The smallest absolute Gasteiger partial charge is 0.315 e. The number of benzene rings is 1. The van der Waals surface area contributed by atoms with Crippen LogP contribution in [0.25, 0.3) is 0 Å². The number of nitrogens with zero attached hydrogens (tertiary/aromatic N) is 2. The Morgan fingerprint density at radius 1 is 1.11 bits per heavy atom. The van der Waals surface area contributed by atoms with E-state index in [9.17, 15) is 9.59 Å². The zero-order chi connectivity index (χ0) is 18.6. The maximum Gasteiger partial charge on any atom is 0.315 e. The van der Waals surface area contributed by atoms with Crippen LogP contribution >= 0.6 is 0 Å². The minimum Gasteiger partial charge on any atom is -0.352 e. The molecule has 1 fully saturated rings. The number of allylic oxidation sites excluding steroid dienone is 2. The number of aromatic nitrogens is 2. The van der Waals surface area contributed by atoms with E-state index in [4.69, 9.17) is 4.52 Å². The summed E-state index contributed by atoms with van der Waals surface area (Å²) in [6, 6.07) is 9.62. The molecule has 2 amide bonds. The molecule has 3 atom stereocenters. The Labute approximate surface area is 157 Å². The maximum absolute atomic E-state index is 12.2. The number of hydrogen-bond donors (Lipinski definition) is 2. The zero-order valence-electron chi connectivity index (χ0n) is 14.9. The minimum absolute atomic E-state index is 0.0270. The third kappa shape index (κ3) is 4.24. The summed E-state index contributed by atoms with van der Waals surface area (Å²) < 4.78 is 5.00. The lowest BCUT2D eigenvalue weighted by molar-refractivity contribution is -0.120. The van der Waals surface area contributed by atoms with E-state index < -0.39 is 0 Å². The van der Waals surface area contributed by atoms with E-state index in [2.05, 4.69) is 32.9 Å². The van der Waals surface area contributed by atoms with Crippen molar-refractivity contribution in [1.29, 1.82) is 0 Å². The van der Waals surface area contributed by atoms with E-state index in [1.54, 1.807) is 0 Å². The van der Waals surface area contributed by atoms with Crippen molar-refractivity contribution in [3.05, 3.63) is 59.8 Å². The monoisotopic (exact) mass is 366 g/mol. The Hall–Kier alpha value is -2.96. The van der Waals surface area contributed by atoms with Crippen LogP contribution in [0, 0.1) is 17.8 Å². The largest absolute Gasteiger partial charge is 0.352 e. The first-order valence-electron chi connectivity index (χ1n) is 9.27. The Bertz CT molecular complexity index is 846. The van der Waals surface area contributed by atoms with E-state index in [0.717, 1.165) is 12.0 Å². The number of fused-ring (bicyclic) bond motifs is 2. The van der Waals surface area contributed by atoms with Gasteiger partial charge in [-0.3, -0.25) is 9.59 Å². The van der Waals surface area contributed by atoms with Gasteiger partial charge in [0.2, 0.25) is 5.91 Å². The average molecular weight is 366 g/mol. The summed E-state index contributed by atoms with van der Waals surface area (Å²) in [4.78, 5) is 28.2. The van der Waals surface area contributed by atoms with E-state index >= 15 is 0 Å². The molecule has 1 saturated carbocycles. The molecule has 0 aliphatic heterocycles. The van der Waals surface area contributed by atoms with Crippen molar-refractivity contribution in [2.75, 3.05) is 6.54 Å². The SMILES string of the molecule is O=C(Cc1noc(C(=O)NC[C@@H]2C[C@H]3C=C[C@H]2C3)n1)NCc1ccccc1. The quantitative estimate of drug-likeness (QED) is 0.729. The Morgan fingerprint density at radius 3 is 2.70 bits per heavy atom. The summed E-state index contributed by atoms with van der Waals surface area (Å²) in [5.74, 6) is 1.22. The number of nitrogens with one attached hydrogen (secondary N) is 2. The van der Waals surface area contributed by atoms with Gasteiger partial charge >= 0.3 is 11.8 Å². The van der Waals surface area contributed by atoms with Crippen molar-refractivity contribution in [3.8, 4) is 0 Å². The van der Waals surface area contributed by atoms with Gasteiger partial charge < -0.3 is 15.2 Å². The van der Waals surface area contributed by atoms with Gasteiger partial charge in [-0.05, 0) is 36.2 Å². The second kappa shape index (κ2) is 7.73. The highest BCUT2D eigenvalue weighted by Crippen LogP contribution is 2.42. The molecule has 0 spiro atoms. The van der Waals surface area contributed by atoms with E-state index in [1.165, 1.54) is 6.42 Å². The van der Waals surface area contributed by atoms with Crippen LogP contribution < -0.4 is 10.6 Å². The Balaban J connectivity index is 1.23. The fraction of sp³-hybridized carbons (Fsp3) is 0.400.